The minimum Gasteiger partial charge on any atom is -0.508 e. The van der Waals surface area contributed by atoms with Gasteiger partial charge in [-0.3, -0.25) is 4.90 Å². The topological polar surface area (TPSA) is 49.5 Å². The lowest BCUT2D eigenvalue weighted by Gasteiger charge is -2.28. The molecule has 0 amide bonds. The van der Waals surface area contributed by atoms with Crippen molar-refractivity contribution in [3.8, 4) is 5.75 Å². The zero-order valence-electron chi connectivity index (χ0n) is 10.8. The highest BCUT2D eigenvalue weighted by Crippen LogP contribution is 2.25. The van der Waals surface area contributed by atoms with Gasteiger partial charge >= 0.3 is 0 Å². The van der Waals surface area contributed by atoms with E-state index in [2.05, 4.69) is 29.2 Å². The van der Waals surface area contributed by atoms with Crippen LogP contribution in [0.2, 0.25) is 0 Å². The molecular weight excluding hydrogens is 236 g/mol. The van der Waals surface area contributed by atoms with Gasteiger partial charge in [0.25, 0.3) is 0 Å². The lowest BCUT2D eigenvalue weighted by molar-refractivity contribution is 0.242. The summed E-state index contributed by atoms with van der Waals surface area (Å²) in [6.07, 6.45) is 1.08. The van der Waals surface area contributed by atoms with Crippen molar-refractivity contribution >= 4 is 5.69 Å². The van der Waals surface area contributed by atoms with Crippen molar-refractivity contribution in [1.29, 1.82) is 0 Å². The van der Waals surface area contributed by atoms with Crippen molar-refractivity contribution < 1.29 is 5.11 Å². The second-order valence-electron chi connectivity index (χ2n) is 5.12. The Morgan fingerprint density at radius 2 is 1.89 bits per heavy atom. The number of benzene rings is 2. The monoisotopic (exact) mass is 254 g/mol. The Morgan fingerprint density at radius 3 is 2.68 bits per heavy atom. The van der Waals surface area contributed by atoms with Gasteiger partial charge in [-0.05, 0) is 23.6 Å². The standard InChI is InChI=1S/C16H18N2O/c17-15-6-5-14(16(19)9-15)11-18-8-7-12-3-1-2-4-13(12)10-18/h1-6,9,19H,7-8,10-11,17H2. The van der Waals surface area contributed by atoms with E-state index >= 15 is 0 Å². The number of nitrogen functional groups attached to an aromatic ring is 1. The molecule has 3 N–H and O–H groups in total. The first-order valence-electron chi connectivity index (χ1n) is 6.59. The second kappa shape index (κ2) is 4.94. The molecule has 0 fully saturated rings. The van der Waals surface area contributed by atoms with Gasteiger partial charge in [0.1, 0.15) is 5.75 Å². The SMILES string of the molecule is Nc1ccc(CN2CCc3ccccc3C2)c(O)c1. The number of nitrogens with zero attached hydrogens (tertiary/aromatic N) is 1. The lowest BCUT2D eigenvalue weighted by atomic mass is 9.99. The number of nitrogens with two attached hydrogens (primary N) is 1. The van der Waals surface area contributed by atoms with Crippen LogP contribution in [-0.2, 0) is 19.5 Å². The van der Waals surface area contributed by atoms with Crippen molar-refractivity contribution in [2.45, 2.75) is 19.5 Å². The molecule has 2 aromatic rings. The summed E-state index contributed by atoms with van der Waals surface area (Å²) < 4.78 is 0. The lowest BCUT2D eigenvalue weighted by Crippen LogP contribution is -2.29. The highest BCUT2D eigenvalue weighted by Gasteiger charge is 2.16. The molecule has 3 heteroatoms. The Morgan fingerprint density at radius 1 is 1.11 bits per heavy atom. The van der Waals surface area contributed by atoms with Crippen molar-refractivity contribution in [3.63, 3.8) is 0 Å². The number of hydrogen-bond donors (Lipinski definition) is 2. The van der Waals surface area contributed by atoms with Crippen LogP contribution in [-0.4, -0.2) is 16.6 Å². The van der Waals surface area contributed by atoms with E-state index in [4.69, 9.17) is 5.73 Å². The third-order valence-corrected chi connectivity index (χ3v) is 3.71. The molecule has 3 rings (SSSR count). The molecule has 3 nitrogen and oxygen atoms in total. The Balaban J connectivity index is 1.75. The van der Waals surface area contributed by atoms with Crippen LogP contribution < -0.4 is 5.73 Å². The van der Waals surface area contributed by atoms with Gasteiger partial charge in [0.05, 0.1) is 0 Å². The van der Waals surface area contributed by atoms with E-state index < -0.39 is 0 Å². The number of fused-ring (bicyclic) bond motifs is 1. The van der Waals surface area contributed by atoms with Gasteiger partial charge in [0.15, 0.2) is 0 Å². The smallest absolute Gasteiger partial charge is 0.122 e. The molecule has 1 heterocycles. The normalized spacial score (nSPS) is 15.2. The van der Waals surface area contributed by atoms with E-state index in [0.29, 0.717) is 11.4 Å². The number of aromatic hydroxyl groups is 1. The molecule has 0 atom stereocenters. The summed E-state index contributed by atoms with van der Waals surface area (Å²) >= 11 is 0. The maximum absolute atomic E-state index is 9.91. The Hall–Kier alpha value is -2.00. The molecule has 1 aliphatic rings. The van der Waals surface area contributed by atoms with Crippen LogP contribution in [0.25, 0.3) is 0 Å². The van der Waals surface area contributed by atoms with E-state index in [9.17, 15) is 5.11 Å². The van der Waals surface area contributed by atoms with Gasteiger partial charge in [0.2, 0.25) is 0 Å². The zero-order chi connectivity index (χ0) is 13.2. The maximum atomic E-state index is 9.91. The molecule has 1 aliphatic heterocycles. The zero-order valence-corrected chi connectivity index (χ0v) is 10.8. The summed E-state index contributed by atoms with van der Waals surface area (Å²) in [6.45, 7) is 2.74. The van der Waals surface area contributed by atoms with Gasteiger partial charge in [-0.1, -0.05) is 30.3 Å². The Kier molecular flexibility index (Phi) is 3.13. The molecule has 98 valence electrons. The minimum absolute atomic E-state index is 0.291. The summed E-state index contributed by atoms with van der Waals surface area (Å²) in [5.74, 6) is 0.291. The average Bonchev–Trinajstić information content (AvgIpc) is 2.42. The maximum Gasteiger partial charge on any atom is 0.122 e. The summed E-state index contributed by atoms with van der Waals surface area (Å²) in [4.78, 5) is 2.35. The number of phenolic OH excluding ortho intramolecular Hbond substituents is 1. The Bertz CT molecular complexity index is 595. The highest BCUT2D eigenvalue weighted by molar-refractivity contribution is 5.47. The second-order valence-corrected chi connectivity index (χ2v) is 5.12. The fourth-order valence-corrected chi connectivity index (χ4v) is 2.64. The van der Waals surface area contributed by atoms with Crippen molar-refractivity contribution in [3.05, 3.63) is 59.2 Å². The van der Waals surface area contributed by atoms with E-state index in [1.807, 2.05) is 12.1 Å². The first-order valence-corrected chi connectivity index (χ1v) is 6.59. The average molecular weight is 254 g/mol. The van der Waals surface area contributed by atoms with Gasteiger partial charge < -0.3 is 10.8 Å². The summed E-state index contributed by atoms with van der Waals surface area (Å²) in [5, 5.41) is 9.91. The first-order chi connectivity index (χ1) is 9.22. The van der Waals surface area contributed by atoms with E-state index in [1.54, 1.807) is 6.07 Å². The van der Waals surface area contributed by atoms with Crippen LogP contribution in [0.4, 0.5) is 5.69 Å². The van der Waals surface area contributed by atoms with Gasteiger partial charge in [-0.25, -0.2) is 0 Å². The van der Waals surface area contributed by atoms with Crippen LogP contribution in [0.1, 0.15) is 16.7 Å². The van der Waals surface area contributed by atoms with Crippen LogP contribution in [0.3, 0.4) is 0 Å². The van der Waals surface area contributed by atoms with Crippen LogP contribution >= 0.6 is 0 Å². The fraction of sp³-hybridized carbons (Fsp3) is 0.250. The molecule has 2 aromatic carbocycles. The number of rotatable bonds is 2. The van der Waals surface area contributed by atoms with E-state index in [-0.39, 0.29) is 0 Å². The predicted molar refractivity (Wildman–Crippen MR) is 76.8 cm³/mol. The van der Waals surface area contributed by atoms with E-state index in [0.717, 1.165) is 31.6 Å². The third-order valence-electron chi connectivity index (χ3n) is 3.71. The third kappa shape index (κ3) is 2.56. The largest absolute Gasteiger partial charge is 0.508 e. The summed E-state index contributed by atoms with van der Waals surface area (Å²) in [7, 11) is 0. The quantitative estimate of drug-likeness (QED) is 0.810. The molecule has 0 bridgehead atoms. The summed E-state index contributed by atoms with van der Waals surface area (Å²) in [6, 6.07) is 13.9. The predicted octanol–water partition coefficient (Wildman–Crippen LogP) is 2.53. The fourth-order valence-electron chi connectivity index (χ4n) is 2.64. The molecule has 0 unspecified atom stereocenters. The molecule has 19 heavy (non-hydrogen) atoms. The Labute approximate surface area is 113 Å². The molecule has 0 spiro atoms. The van der Waals surface area contributed by atoms with Gasteiger partial charge in [-0.15, -0.1) is 0 Å². The van der Waals surface area contributed by atoms with Crippen LogP contribution in [0.5, 0.6) is 5.75 Å². The number of phenols is 1. The van der Waals surface area contributed by atoms with Gasteiger partial charge in [0, 0.05) is 37.0 Å². The van der Waals surface area contributed by atoms with Crippen LogP contribution in [0.15, 0.2) is 42.5 Å². The molecule has 0 radical (unpaired) electrons. The number of anilines is 1. The van der Waals surface area contributed by atoms with E-state index in [1.165, 1.54) is 11.1 Å². The van der Waals surface area contributed by atoms with Crippen molar-refractivity contribution in [1.82, 2.24) is 4.90 Å². The van der Waals surface area contributed by atoms with Crippen molar-refractivity contribution in [2.75, 3.05) is 12.3 Å². The highest BCUT2D eigenvalue weighted by atomic mass is 16.3. The number of hydrogen-bond acceptors (Lipinski definition) is 3. The molecule has 0 saturated carbocycles. The molecule has 0 saturated heterocycles. The molecule has 0 aliphatic carbocycles. The first kappa shape index (κ1) is 12.1. The molecular formula is C16H18N2O. The van der Waals surface area contributed by atoms with Crippen LogP contribution in [0, 0.1) is 0 Å². The van der Waals surface area contributed by atoms with Crippen molar-refractivity contribution in [2.24, 2.45) is 0 Å². The summed E-state index contributed by atoms with van der Waals surface area (Å²) in [5.41, 5.74) is 10.0. The van der Waals surface area contributed by atoms with Gasteiger partial charge in [-0.2, -0.15) is 0 Å². The molecule has 0 aromatic heterocycles. The minimum atomic E-state index is 0.291.